The maximum absolute atomic E-state index is 6.07. The lowest BCUT2D eigenvalue weighted by molar-refractivity contribution is 0.504. The number of fused-ring (bicyclic) bond motifs is 1. The van der Waals surface area contributed by atoms with Crippen LogP contribution in [0, 0.1) is 0 Å². The largest absolute Gasteiger partial charge is 0.314 e. The van der Waals surface area contributed by atoms with E-state index in [1.807, 2.05) is 0 Å². The number of aromatic nitrogens is 3. The van der Waals surface area contributed by atoms with Crippen molar-refractivity contribution in [3.8, 4) is 0 Å². The first kappa shape index (κ1) is 15.5. The molecule has 114 valence electrons. The van der Waals surface area contributed by atoms with Crippen molar-refractivity contribution in [1.82, 2.24) is 20.1 Å². The van der Waals surface area contributed by atoms with Gasteiger partial charge in [0.25, 0.3) is 0 Å². The number of hydrogen-bond acceptors (Lipinski definition) is 4. The van der Waals surface area contributed by atoms with Crippen molar-refractivity contribution >= 4 is 38.9 Å². The second-order valence-corrected chi connectivity index (χ2v) is 7.97. The van der Waals surface area contributed by atoms with Crippen molar-refractivity contribution in [2.24, 2.45) is 0 Å². The molecule has 0 radical (unpaired) electrons. The lowest BCUT2D eigenvalue weighted by atomic mass is 10.2. The van der Waals surface area contributed by atoms with E-state index in [2.05, 4.69) is 49.0 Å². The Morgan fingerprint density at radius 3 is 3.05 bits per heavy atom. The van der Waals surface area contributed by atoms with Gasteiger partial charge in [-0.1, -0.05) is 18.0 Å². The number of nitrogens with zero attached hydrogens (tertiary/aromatic N) is 3. The third-order valence-corrected chi connectivity index (χ3v) is 6.28. The number of hydrogen-bond donors (Lipinski definition) is 1. The van der Waals surface area contributed by atoms with Crippen LogP contribution in [0.5, 0.6) is 0 Å². The SMILES string of the molecule is CC(NCc1cc(Br)c(Cl)s1)c1nnc2n1CCCCC2. The third kappa shape index (κ3) is 3.50. The molecule has 1 N–H and O–H groups in total. The molecule has 0 aromatic carbocycles. The first-order valence-corrected chi connectivity index (χ1v) is 9.23. The second-order valence-electron chi connectivity index (χ2n) is 5.37. The van der Waals surface area contributed by atoms with E-state index in [0.717, 1.165) is 40.0 Å². The zero-order valence-corrected chi connectivity index (χ0v) is 15.1. The molecular formula is C14H18BrClN4S. The quantitative estimate of drug-likeness (QED) is 0.846. The van der Waals surface area contributed by atoms with Gasteiger partial charge < -0.3 is 9.88 Å². The zero-order valence-electron chi connectivity index (χ0n) is 11.9. The topological polar surface area (TPSA) is 42.7 Å². The lowest BCUT2D eigenvalue weighted by Gasteiger charge is -2.14. The van der Waals surface area contributed by atoms with Gasteiger partial charge in [-0.25, -0.2) is 0 Å². The van der Waals surface area contributed by atoms with Crippen LogP contribution in [-0.2, 0) is 19.5 Å². The van der Waals surface area contributed by atoms with E-state index < -0.39 is 0 Å². The van der Waals surface area contributed by atoms with Gasteiger partial charge in [0, 0.05) is 28.9 Å². The van der Waals surface area contributed by atoms with Gasteiger partial charge in [0.15, 0.2) is 0 Å². The van der Waals surface area contributed by atoms with Gasteiger partial charge in [0.2, 0.25) is 0 Å². The van der Waals surface area contributed by atoms with Gasteiger partial charge >= 0.3 is 0 Å². The van der Waals surface area contributed by atoms with Crippen LogP contribution in [0.3, 0.4) is 0 Å². The monoisotopic (exact) mass is 388 g/mol. The molecule has 0 aliphatic carbocycles. The normalized spacial score (nSPS) is 16.5. The van der Waals surface area contributed by atoms with Gasteiger partial charge in [-0.3, -0.25) is 0 Å². The summed E-state index contributed by atoms with van der Waals surface area (Å²) in [5, 5.41) is 12.3. The van der Waals surface area contributed by atoms with Crippen molar-refractivity contribution in [3.05, 3.63) is 31.4 Å². The Morgan fingerprint density at radius 2 is 2.29 bits per heavy atom. The van der Waals surface area contributed by atoms with Crippen LogP contribution in [0.2, 0.25) is 4.34 Å². The summed E-state index contributed by atoms with van der Waals surface area (Å²) in [7, 11) is 0. The molecule has 0 fully saturated rings. The predicted octanol–water partition coefficient (Wildman–Crippen LogP) is 4.33. The Bertz CT molecular complexity index is 605. The smallest absolute Gasteiger partial charge is 0.149 e. The van der Waals surface area contributed by atoms with Crippen molar-refractivity contribution in [3.63, 3.8) is 0 Å². The summed E-state index contributed by atoms with van der Waals surface area (Å²) in [4.78, 5) is 1.22. The highest BCUT2D eigenvalue weighted by Crippen LogP contribution is 2.32. The van der Waals surface area contributed by atoms with Gasteiger partial charge in [0.05, 0.1) is 6.04 Å². The number of thiophene rings is 1. The second kappa shape index (κ2) is 6.77. The summed E-state index contributed by atoms with van der Waals surface area (Å²) in [6, 6.07) is 2.25. The molecule has 1 aliphatic heterocycles. The number of aryl methyl sites for hydroxylation is 1. The molecule has 3 heterocycles. The molecule has 1 atom stereocenters. The molecule has 0 saturated carbocycles. The minimum Gasteiger partial charge on any atom is -0.314 e. The number of nitrogens with one attached hydrogen (secondary N) is 1. The Morgan fingerprint density at radius 1 is 1.43 bits per heavy atom. The molecule has 0 saturated heterocycles. The molecule has 4 nitrogen and oxygen atoms in total. The Balaban J connectivity index is 1.68. The zero-order chi connectivity index (χ0) is 14.8. The average Bonchev–Trinajstić information content (AvgIpc) is 2.92. The molecule has 0 amide bonds. The molecule has 0 spiro atoms. The fourth-order valence-electron chi connectivity index (χ4n) is 2.65. The predicted molar refractivity (Wildman–Crippen MR) is 89.9 cm³/mol. The molecular weight excluding hydrogens is 372 g/mol. The number of halogens is 2. The summed E-state index contributed by atoms with van der Waals surface area (Å²) in [5.41, 5.74) is 0. The summed E-state index contributed by atoms with van der Waals surface area (Å²) < 4.78 is 4.06. The maximum atomic E-state index is 6.07. The van der Waals surface area contributed by atoms with E-state index in [1.54, 1.807) is 11.3 Å². The van der Waals surface area contributed by atoms with Crippen molar-refractivity contribution in [2.45, 2.75) is 51.7 Å². The van der Waals surface area contributed by atoms with E-state index in [0.29, 0.717) is 0 Å². The molecule has 3 rings (SSSR count). The van der Waals surface area contributed by atoms with Crippen LogP contribution in [-0.4, -0.2) is 14.8 Å². The van der Waals surface area contributed by atoms with Crippen LogP contribution in [0.25, 0.3) is 0 Å². The van der Waals surface area contributed by atoms with Crippen molar-refractivity contribution < 1.29 is 0 Å². The molecule has 0 bridgehead atoms. The van der Waals surface area contributed by atoms with Gasteiger partial charge in [-0.15, -0.1) is 21.5 Å². The highest BCUT2D eigenvalue weighted by molar-refractivity contribution is 9.10. The highest BCUT2D eigenvalue weighted by atomic mass is 79.9. The van der Waals surface area contributed by atoms with Gasteiger partial charge in [0.1, 0.15) is 16.0 Å². The lowest BCUT2D eigenvalue weighted by Crippen LogP contribution is -2.22. The molecule has 2 aromatic heterocycles. The summed E-state index contributed by atoms with van der Waals surface area (Å²) in [6.07, 6.45) is 4.78. The summed E-state index contributed by atoms with van der Waals surface area (Å²) in [5.74, 6) is 2.19. The average molecular weight is 390 g/mol. The van der Waals surface area contributed by atoms with E-state index in [9.17, 15) is 0 Å². The minimum absolute atomic E-state index is 0.184. The number of rotatable bonds is 4. The first-order chi connectivity index (χ1) is 10.1. The highest BCUT2D eigenvalue weighted by Gasteiger charge is 2.19. The van der Waals surface area contributed by atoms with E-state index in [1.165, 1.54) is 24.1 Å². The molecule has 1 unspecified atom stereocenters. The summed E-state index contributed by atoms with van der Waals surface area (Å²) in [6.45, 7) is 3.98. The molecule has 21 heavy (non-hydrogen) atoms. The van der Waals surface area contributed by atoms with Crippen LogP contribution in [0.4, 0.5) is 0 Å². The third-order valence-electron chi connectivity index (χ3n) is 3.80. The van der Waals surface area contributed by atoms with Crippen LogP contribution in [0.15, 0.2) is 10.5 Å². The van der Waals surface area contributed by atoms with Gasteiger partial charge in [-0.2, -0.15) is 0 Å². The van der Waals surface area contributed by atoms with E-state index in [-0.39, 0.29) is 6.04 Å². The fourth-order valence-corrected chi connectivity index (χ4v) is 4.39. The molecule has 7 heteroatoms. The standard InChI is InChI=1S/C14H18BrClN4S/c1-9(17-8-10-7-11(15)13(16)21-10)14-19-18-12-5-3-2-4-6-20(12)14/h7,9,17H,2-6,8H2,1H3. The molecule has 2 aromatic rings. The summed E-state index contributed by atoms with van der Waals surface area (Å²) >= 11 is 11.1. The maximum Gasteiger partial charge on any atom is 0.149 e. The minimum atomic E-state index is 0.184. The van der Waals surface area contributed by atoms with Crippen molar-refractivity contribution in [1.29, 1.82) is 0 Å². The van der Waals surface area contributed by atoms with Gasteiger partial charge in [-0.05, 0) is 41.8 Å². The van der Waals surface area contributed by atoms with Crippen molar-refractivity contribution in [2.75, 3.05) is 0 Å². The first-order valence-electron chi connectivity index (χ1n) is 7.24. The van der Waals surface area contributed by atoms with Crippen LogP contribution < -0.4 is 5.32 Å². The Labute approximate surface area is 142 Å². The van der Waals surface area contributed by atoms with E-state index >= 15 is 0 Å². The fraction of sp³-hybridized carbons (Fsp3) is 0.571. The van der Waals surface area contributed by atoms with Crippen LogP contribution in [0.1, 0.15) is 48.8 Å². The Kier molecular flexibility index (Phi) is 4.99. The van der Waals surface area contributed by atoms with Crippen LogP contribution >= 0.6 is 38.9 Å². The van der Waals surface area contributed by atoms with E-state index in [4.69, 9.17) is 11.6 Å². The molecule has 1 aliphatic rings. The Hall–Kier alpha value is -0.430.